The van der Waals surface area contributed by atoms with E-state index >= 15 is 0 Å². The van der Waals surface area contributed by atoms with E-state index in [-0.39, 0.29) is 0 Å². The first-order valence-corrected chi connectivity index (χ1v) is 8.31. The molecule has 1 N–H and O–H groups in total. The Kier molecular flexibility index (Phi) is 6.81. The standard InChI is InChI=1S/C19H29NO/c1-3-13-21-19-9-7-18(8-10-19)15-20-12-11-17-6-4-5-16(2)14-17/h3,7-10,16-17,20H,1,4-6,11-15H2,2H3. The Morgan fingerprint density at radius 1 is 1.29 bits per heavy atom. The van der Waals surface area contributed by atoms with Gasteiger partial charge >= 0.3 is 0 Å². The molecule has 1 fully saturated rings. The Morgan fingerprint density at radius 3 is 2.81 bits per heavy atom. The zero-order valence-corrected chi connectivity index (χ0v) is 13.3. The third-order valence-electron chi connectivity index (χ3n) is 4.39. The minimum atomic E-state index is 0.567. The van der Waals surface area contributed by atoms with E-state index < -0.39 is 0 Å². The molecule has 2 nitrogen and oxygen atoms in total. The molecular formula is C19H29NO. The molecule has 1 aliphatic rings. The zero-order valence-electron chi connectivity index (χ0n) is 13.3. The summed E-state index contributed by atoms with van der Waals surface area (Å²) in [5, 5.41) is 3.57. The zero-order chi connectivity index (χ0) is 14.9. The molecule has 1 aliphatic carbocycles. The number of ether oxygens (including phenoxy) is 1. The van der Waals surface area contributed by atoms with Crippen LogP contribution in [0.1, 0.15) is 44.6 Å². The Balaban J connectivity index is 1.63. The summed E-state index contributed by atoms with van der Waals surface area (Å²) in [5.41, 5.74) is 1.32. The lowest BCUT2D eigenvalue weighted by Gasteiger charge is -2.26. The first kappa shape index (κ1) is 16.1. The monoisotopic (exact) mass is 287 g/mol. The minimum Gasteiger partial charge on any atom is -0.490 e. The summed E-state index contributed by atoms with van der Waals surface area (Å²) in [6.45, 7) is 8.70. The molecule has 0 aromatic heterocycles. The summed E-state index contributed by atoms with van der Waals surface area (Å²) in [5.74, 6) is 2.79. The van der Waals surface area contributed by atoms with Gasteiger partial charge in [0.05, 0.1) is 0 Å². The van der Waals surface area contributed by atoms with E-state index in [1.54, 1.807) is 6.08 Å². The molecule has 0 radical (unpaired) electrons. The molecule has 0 bridgehead atoms. The van der Waals surface area contributed by atoms with Crippen LogP contribution in [0.25, 0.3) is 0 Å². The van der Waals surface area contributed by atoms with Crippen LogP contribution < -0.4 is 10.1 Å². The quantitative estimate of drug-likeness (QED) is 0.559. The first-order valence-electron chi connectivity index (χ1n) is 8.31. The molecule has 116 valence electrons. The minimum absolute atomic E-state index is 0.567. The highest BCUT2D eigenvalue weighted by molar-refractivity contribution is 5.27. The van der Waals surface area contributed by atoms with E-state index in [0.717, 1.165) is 30.7 Å². The summed E-state index contributed by atoms with van der Waals surface area (Å²) in [6.07, 6.45) is 8.81. The van der Waals surface area contributed by atoms with Crippen LogP contribution >= 0.6 is 0 Å². The number of rotatable bonds is 8. The van der Waals surface area contributed by atoms with Crippen molar-refractivity contribution in [1.82, 2.24) is 5.32 Å². The van der Waals surface area contributed by atoms with Crippen LogP contribution in [-0.2, 0) is 6.54 Å². The second-order valence-corrected chi connectivity index (χ2v) is 6.35. The van der Waals surface area contributed by atoms with Gasteiger partial charge in [-0.25, -0.2) is 0 Å². The smallest absolute Gasteiger partial charge is 0.119 e. The van der Waals surface area contributed by atoms with Crippen LogP contribution in [0.15, 0.2) is 36.9 Å². The van der Waals surface area contributed by atoms with E-state index in [0.29, 0.717) is 6.61 Å². The molecule has 2 unspecified atom stereocenters. The number of hydrogen-bond acceptors (Lipinski definition) is 2. The van der Waals surface area contributed by atoms with Gasteiger partial charge in [0.25, 0.3) is 0 Å². The average molecular weight is 287 g/mol. The van der Waals surface area contributed by atoms with Gasteiger partial charge in [-0.1, -0.05) is 51.0 Å². The molecular weight excluding hydrogens is 258 g/mol. The van der Waals surface area contributed by atoms with Crippen molar-refractivity contribution in [2.75, 3.05) is 13.2 Å². The van der Waals surface area contributed by atoms with Crippen molar-refractivity contribution < 1.29 is 4.74 Å². The molecule has 0 heterocycles. The normalized spacial score (nSPS) is 22.0. The van der Waals surface area contributed by atoms with Crippen molar-refractivity contribution >= 4 is 0 Å². The fourth-order valence-electron chi connectivity index (χ4n) is 3.22. The van der Waals surface area contributed by atoms with E-state index in [2.05, 4.69) is 31.0 Å². The van der Waals surface area contributed by atoms with E-state index in [1.807, 2.05) is 12.1 Å². The van der Waals surface area contributed by atoms with Gasteiger partial charge in [-0.2, -0.15) is 0 Å². The van der Waals surface area contributed by atoms with Gasteiger partial charge < -0.3 is 10.1 Å². The molecule has 0 spiro atoms. The summed E-state index contributed by atoms with van der Waals surface area (Å²) < 4.78 is 5.49. The van der Waals surface area contributed by atoms with Gasteiger partial charge in [-0.05, 0) is 48.9 Å². The van der Waals surface area contributed by atoms with Gasteiger partial charge in [0.1, 0.15) is 12.4 Å². The van der Waals surface area contributed by atoms with Crippen molar-refractivity contribution in [3.63, 3.8) is 0 Å². The van der Waals surface area contributed by atoms with E-state index in [9.17, 15) is 0 Å². The molecule has 1 aromatic rings. The second-order valence-electron chi connectivity index (χ2n) is 6.35. The Bertz CT molecular complexity index is 412. The van der Waals surface area contributed by atoms with Crippen LogP contribution in [0, 0.1) is 11.8 Å². The largest absolute Gasteiger partial charge is 0.490 e. The number of nitrogens with one attached hydrogen (secondary N) is 1. The predicted molar refractivity (Wildman–Crippen MR) is 89.6 cm³/mol. The maximum Gasteiger partial charge on any atom is 0.119 e. The highest BCUT2D eigenvalue weighted by Crippen LogP contribution is 2.30. The third-order valence-corrected chi connectivity index (χ3v) is 4.39. The molecule has 0 aliphatic heterocycles. The van der Waals surface area contributed by atoms with Gasteiger partial charge in [0.15, 0.2) is 0 Å². The van der Waals surface area contributed by atoms with Crippen molar-refractivity contribution in [3.8, 4) is 5.75 Å². The van der Waals surface area contributed by atoms with Crippen molar-refractivity contribution in [1.29, 1.82) is 0 Å². The van der Waals surface area contributed by atoms with Crippen molar-refractivity contribution in [2.45, 2.75) is 45.6 Å². The van der Waals surface area contributed by atoms with Gasteiger partial charge in [-0.15, -0.1) is 0 Å². The van der Waals surface area contributed by atoms with E-state index in [4.69, 9.17) is 4.74 Å². The fraction of sp³-hybridized carbons (Fsp3) is 0.579. The van der Waals surface area contributed by atoms with Crippen LogP contribution in [0.5, 0.6) is 5.75 Å². The topological polar surface area (TPSA) is 21.3 Å². The molecule has 0 amide bonds. The second kappa shape index (κ2) is 8.89. The summed E-state index contributed by atoms with van der Waals surface area (Å²) in [7, 11) is 0. The Morgan fingerprint density at radius 2 is 2.10 bits per heavy atom. The van der Waals surface area contributed by atoms with Crippen LogP contribution in [0.3, 0.4) is 0 Å². The highest BCUT2D eigenvalue weighted by atomic mass is 16.5. The lowest BCUT2D eigenvalue weighted by molar-refractivity contribution is 0.267. The predicted octanol–water partition coefficient (Wildman–Crippen LogP) is 4.56. The SMILES string of the molecule is C=CCOc1ccc(CNCCC2CCCC(C)C2)cc1. The molecule has 1 aromatic carbocycles. The highest BCUT2D eigenvalue weighted by Gasteiger charge is 2.17. The first-order chi connectivity index (χ1) is 10.3. The van der Waals surface area contributed by atoms with E-state index in [1.165, 1.54) is 37.7 Å². The molecule has 2 rings (SSSR count). The summed E-state index contributed by atoms with van der Waals surface area (Å²) in [6, 6.07) is 8.33. The van der Waals surface area contributed by atoms with Crippen molar-refractivity contribution in [2.24, 2.45) is 11.8 Å². The molecule has 2 heteroatoms. The van der Waals surface area contributed by atoms with Crippen LogP contribution in [-0.4, -0.2) is 13.2 Å². The lowest BCUT2D eigenvalue weighted by atomic mass is 9.81. The number of hydrogen-bond donors (Lipinski definition) is 1. The molecule has 21 heavy (non-hydrogen) atoms. The average Bonchev–Trinajstić information content (AvgIpc) is 2.51. The Labute approximate surface area is 129 Å². The summed E-state index contributed by atoms with van der Waals surface area (Å²) >= 11 is 0. The lowest BCUT2D eigenvalue weighted by Crippen LogP contribution is -2.21. The van der Waals surface area contributed by atoms with Gasteiger partial charge in [0.2, 0.25) is 0 Å². The summed E-state index contributed by atoms with van der Waals surface area (Å²) in [4.78, 5) is 0. The van der Waals surface area contributed by atoms with Gasteiger partial charge in [0, 0.05) is 6.54 Å². The third kappa shape index (κ3) is 5.92. The molecule has 1 saturated carbocycles. The van der Waals surface area contributed by atoms with Crippen molar-refractivity contribution in [3.05, 3.63) is 42.5 Å². The van der Waals surface area contributed by atoms with Crippen LogP contribution in [0.4, 0.5) is 0 Å². The molecule has 2 atom stereocenters. The number of benzene rings is 1. The maximum absolute atomic E-state index is 5.49. The molecule has 0 saturated heterocycles. The van der Waals surface area contributed by atoms with Gasteiger partial charge in [-0.3, -0.25) is 0 Å². The maximum atomic E-state index is 5.49. The van der Waals surface area contributed by atoms with Crippen LogP contribution in [0.2, 0.25) is 0 Å². The fourth-order valence-corrected chi connectivity index (χ4v) is 3.22. The Hall–Kier alpha value is -1.28.